The molecule has 2 rings (SSSR count). The van der Waals surface area contributed by atoms with Crippen molar-refractivity contribution in [2.45, 2.75) is 26.7 Å². The number of carbonyl (C=O) groups excluding carboxylic acids is 1. The van der Waals surface area contributed by atoms with Gasteiger partial charge in [-0.15, -0.1) is 0 Å². The summed E-state index contributed by atoms with van der Waals surface area (Å²) in [7, 11) is 1.57. The van der Waals surface area contributed by atoms with E-state index >= 15 is 0 Å². The molecular weight excluding hydrogens is 264 g/mol. The molecule has 0 heterocycles. The minimum atomic E-state index is -0.252. The summed E-state index contributed by atoms with van der Waals surface area (Å²) in [6.07, 6.45) is 1.02. The zero-order chi connectivity index (χ0) is 15.2. The highest BCUT2D eigenvalue weighted by atomic mass is 16.6. The third kappa shape index (κ3) is 4.35. The van der Waals surface area contributed by atoms with Crippen LogP contribution in [-0.4, -0.2) is 13.1 Å². The molecule has 0 spiro atoms. The smallest absolute Gasteiger partial charge is 0.311 e. The predicted octanol–water partition coefficient (Wildman–Crippen LogP) is 3.85. The molecule has 0 aliphatic rings. The van der Waals surface area contributed by atoms with E-state index in [1.807, 2.05) is 50.2 Å². The molecule has 0 saturated carbocycles. The topological polar surface area (TPSA) is 35.5 Å². The van der Waals surface area contributed by atoms with Crippen molar-refractivity contribution in [2.24, 2.45) is 0 Å². The summed E-state index contributed by atoms with van der Waals surface area (Å²) < 4.78 is 10.6. The first-order valence-electron chi connectivity index (χ1n) is 6.99. The van der Waals surface area contributed by atoms with Gasteiger partial charge < -0.3 is 9.47 Å². The van der Waals surface area contributed by atoms with E-state index in [-0.39, 0.29) is 5.97 Å². The number of benzene rings is 2. The minimum absolute atomic E-state index is 0.252. The quantitative estimate of drug-likeness (QED) is 0.618. The lowest BCUT2D eigenvalue weighted by Gasteiger charge is -2.10. The van der Waals surface area contributed by atoms with Crippen LogP contribution in [0.15, 0.2) is 42.5 Å². The summed E-state index contributed by atoms with van der Waals surface area (Å²) in [6, 6.07) is 13.7. The van der Waals surface area contributed by atoms with Crippen LogP contribution in [0, 0.1) is 13.8 Å². The second kappa shape index (κ2) is 6.93. The van der Waals surface area contributed by atoms with Crippen LogP contribution < -0.4 is 9.47 Å². The summed E-state index contributed by atoms with van der Waals surface area (Å²) in [5.74, 6) is 0.799. The Morgan fingerprint density at radius 1 is 0.952 bits per heavy atom. The molecule has 3 nitrogen and oxygen atoms in total. The standard InChI is InChI=1S/C18H20O3/c1-13-4-7-15(8-5-13)9-11-18(19)21-16-10-6-14(2)12-17(16)20-3/h4-8,10,12H,9,11H2,1-3H3. The average Bonchev–Trinajstić information content (AvgIpc) is 2.48. The van der Waals surface area contributed by atoms with Crippen LogP contribution in [0.5, 0.6) is 11.5 Å². The van der Waals surface area contributed by atoms with Crippen molar-refractivity contribution in [1.29, 1.82) is 0 Å². The number of methoxy groups -OCH3 is 1. The zero-order valence-corrected chi connectivity index (χ0v) is 12.7. The van der Waals surface area contributed by atoms with E-state index in [9.17, 15) is 4.79 Å². The van der Waals surface area contributed by atoms with Crippen molar-refractivity contribution in [1.82, 2.24) is 0 Å². The number of hydrogen-bond donors (Lipinski definition) is 0. The highest BCUT2D eigenvalue weighted by Gasteiger charge is 2.10. The fourth-order valence-electron chi connectivity index (χ4n) is 2.03. The number of rotatable bonds is 5. The molecule has 110 valence electrons. The number of ether oxygens (including phenoxy) is 2. The van der Waals surface area contributed by atoms with Crippen LogP contribution in [0.3, 0.4) is 0 Å². The molecular formula is C18H20O3. The van der Waals surface area contributed by atoms with Gasteiger partial charge in [0, 0.05) is 6.42 Å². The van der Waals surface area contributed by atoms with Gasteiger partial charge in [-0.1, -0.05) is 35.9 Å². The first-order valence-corrected chi connectivity index (χ1v) is 6.99. The van der Waals surface area contributed by atoms with Gasteiger partial charge >= 0.3 is 5.97 Å². The Bertz CT molecular complexity index is 615. The summed E-state index contributed by atoms with van der Waals surface area (Å²) in [5, 5.41) is 0. The molecule has 0 saturated heterocycles. The molecule has 3 heteroatoms. The monoisotopic (exact) mass is 284 g/mol. The van der Waals surface area contributed by atoms with Gasteiger partial charge in [0.05, 0.1) is 7.11 Å². The largest absolute Gasteiger partial charge is 0.493 e. The van der Waals surface area contributed by atoms with E-state index in [0.717, 1.165) is 11.1 Å². The number of esters is 1. The van der Waals surface area contributed by atoms with E-state index < -0.39 is 0 Å². The zero-order valence-electron chi connectivity index (χ0n) is 12.7. The maximum Gasteiger partial charge on any atom is 0.311 e. The average molecular weight is 284 g/mol. The van der Waals surface area contributed by atoms with Crippen molar-refractivity contribution in [3.63, 3.8) is 0 Å². The highest BCUT2D eigenvalue weighted by Crippen LogP contribution is 2.28. The molecule has 2 aromatic rings. The van der Waals surface area contributed by atoms with Crippen molar-refractivity contribution >= 4 is 5.97 Å². The minimum Gasteiger partial charge on any atom is -0.493 e. The van der Waals surface area contributed by atoms with Crippen molar-refractivity contribution in [3.05, 3.63) is 59.2 Å². The maximum absolute atomic E-state index is 11.9. The molecule has 0 radical (unpaired) electrons. The molecule has 0 atom stereocenters. The lowest BCUT2D eigenvalue weighted by molar-refractivity contribution is -0.134. The molecule has 0 amide bonds. The maximum atomic E-state index is 11.9. The lowest BCUT2D eigenvalue weighted by atomic mass is 10.1. The van der Waals surface area contributed by atoms with E-state index in [1.54, 1.807) is 13.2 Å². The van der Waals surface area contributed by atoms with E-state index in [0.29, 0.717) is 24.3 Å². The van der Waals surface area contributed by atoms with Gasteiger partial charge in [-0.3, -0.25) is 4.79 Å². The first-order chi connectivity index (χ1) is 10.1. The lowest BCUT2D eigenvalue weighted by Crippen LogP contribution is -2.09. The molecule has 0 bridgehead atoms. The Kier molecular flexibility index (Phi) is 4.99. The highest BCUT2D eigenvalue weighted by molar-refractivity contribution is 5.73. The SMILES string of the molecule is COc1cc(C)ccc1OC(=O)CCc1ccc(C)cc1. The van der Waals surface area contributed by atoms with Crippen LogP contribution >= 0.6 is 0 Å². The fourth-order valence-corrected chi connectivity index (χ4v) is 2.03. The van der Waals surface area contributed by atoms with Crippen LogP contribution in [0.2, 0.25) is 0 Å². The van der Waals surface area contributed by atoms with Gasteiger partial charge in [0.15, 0.2) is 11.5 Å². The van der Waals surface area contributed by atoms with Crippen LogP contribution in [0.4, 0.5) is 0 Å². The third-order valence-electron chi connectivity index (χ3n) is 3.28. The Morgan fingerprint density at radius 2 is 1.62 bits per heavy atom. The Balaban J connectivity index is 1.94. The van der Waals surface area contributed by atoms with Crippen molar-refractivity contribution < 1.29 is 14.3 Å². The molecule has 0 aliphatic carbocycles. The van der Waals surface area contributed by atoms with Crippen LogP contribution in [0.1, 0.15) is 23.1 Å². The normalized spacial score (nSPS) is 10.2. The summed E-state index contributed by atoms with van der Waals surface area (Å²) >= 11 is 0. The van der Waals surface area contributed by atoms with Crippen molar-refractivity contribution in [3.8, 4) is 11.5 Å². The molecule has 0 N–H and O–H groups in total. The Morgan fingerprint density at radius 3 is 2.29 bits per heavy atom. The van der Waals surface area contributed by atoms with E-state index in [4.69, 9.17) is 9.47 Å². The third-order valence-corrected chi connectivity index (χ3v) is 3.28. The molecule has 2 aromatic carbocycles. The fraction of sp³-hybridized carbons (Fsp3) is 0.278. The van der Waals surface area contributed by atoms with Crippen molar-refractivity contribution in [2.75, 3.05) is 7.11 Å². The Labute approximate surface area is 125 Å². The first kappa shape index (κ1) is 15.1. The second-order valence-electron chi connectivity index (χ2n) is 5.11. The van der Waals surface area contributed by atoms with Crippen LogP contribution in [0.25, 0.3) is 0 Å². The summed E-state index contributed by atoms with van der Waals surface area (Å²) in [6.45, 7) is 4.01. The molecule has 0 aliphatic heterocycles. The predicted molar refractivity (Wildman–Crippen MR) is 82.9 cm³/mol. The van der Waals surface area contributed by atoms with Crippen LogP contribution in [-0.2, 0) is 11.2 Å². The van der Waals surface area contributed by atoms with Gasteiger partial charge in [-0.2, -0.15) is 0 Å². The number of aryl methyl sites for hydroxylation is 3. The van der Waals surface area contributed by atoms with Gasteiger partial charge in [0.1, 0.15) is 0 Å². The summed E-state index contributed by atoms with van der Waals surface area (Å²) in [5.41, 5.74) is 3.41. The van der Waals surface area contributed by atoms with Gasteiger partial charge in [-0.05, 0) is 43.5 Å². The number of carbonyl (C=O) groups is 1. The molecule has 21 heavy (non-hydrogen) atoms. The van der Waals surface area contributed by atoms with Gasteiger partial charge in [-0.25, -0.2) is 0 Å². The molecule has 0 unspecified atom stereocenters. The molecule has 0 aromatic heterocycles. The Hall–Kier alpha value is -2.29. The molecule has 0 fully saturated rings. The van der Waals surface area contributed by atoms with Gasteiger partial charge in [0.2, 0.25) is 0 Å². The van der Waals surface area contributed by atoms with Gasteiger partial charge in [0.25, 0.3) is 0 Å². The van der Waals surface area contributed by atoms with E-state index in [1.165, 1.54) is 5.56 Å². The van der Waals surface area contributed by atoms with E-state index in [2.05, 4.69) is 0 Å². The number of hydrogen-bond acceptors (Lipinski definition) is 3. The summed E-state index contributed by atoms with van der Waals surface area (Å²) in [4.78, 5) is 11.9. The second-order valence-corrected chi connectivity index (χ2v) is 5.11.